The zero-order chi connectivity index (χ0) is 38.7. The second kappa shape index (κ2) is 22.3. The van der Waals surface area contributed by atoms with Crippen LogP contribution in [0.4, 0.5) is 0 Å². The molecule has 1 atom stereocenters. The molecule has 1 unspecified atom stereocenters. The molecule has 51 heavy (non-hydrogen) atoms. The Hall–Kier alpha value is -5.41. The van der Waals surface area contributed by atoms with Gasteiger partial charge in [-0.3, -0.25) is 9.89 Å². The van der Waals surface area contributed by atoms with Crippen molar-refractivity contribution in [2.75, 3.05) is 32.7 Å². The first kappa shape index (κ1) is 43.6. The maximum absolute atomic E-state index is 6.06. The number of nitrogens with one attached hydrogen (secondary N) is 2. The fraction of sp³-hybridized carbons (Fsp3) is 0.311. The van der Waals surface area contributed by atoms with Gasteiger partial charge in [-0.15, -0.1) is 19.6 Å². The van der Waals surface area contributed by atoms with E-state index in [1.807, 2.05) is 50.0 Å². The molecular weight excluding hydrogens is 625 g/mol. The standard InChI is InChI=1S/C26H36N4.C16H20N2.C3H6/c1-10-13-14-27-23(8)26(30-21(6)17-29-24(30)9)16-20(5)22(7)28-18-25(12-3)15-19(4)11-2;1-5-13-10-18(9-7-8-11(13)3)16-12(4)14(6-2)15(16)17;1-3-2/h10-12,15-16,27-28H,1,3,5-8,13-14,17-18H2,2,4,9H3;2,5,14H,1,4,7-10,17H2,3H3;3H,1H2,2H3/b19-11-,25-15+,26-16-;;. The molecule has 0 aromatic heterocycles. The summed E-state index contributed by atoms with van der Waals surface area (Å²) in [6, 6.07) is 0. The number of hydrogen-bond acceptors (Lipinski definition) is 6. The third kappa shape index (κ3) is 12.8. The molecule has 0 saturated heterocycles. The SMILES string of the molecule is C#CC1C(=C)C(N2CCCC(C)=C(C=C)C2)=C1N.C=CC.C=CCCNC(=C)/C(=C/C(=C)C(=C)NC/C(C=C)=C/C(C)=C\C)N1C(=C)CN=C1C. The predicted molar refractivity (Wildman–Crippen MR) is 225 cm³/mol. The Morgan fingerprint density at radius 1 is 1.06 bits per heavy atom. The van der Waals surface area contributed by atoms with Crippen LogP contribution in [0.2, 0.25) is 0 Å². The molecule has 3 aliphatic rings. The van der Waals surface area contributed by atoms with E-state index in [0.717, 1.165) is 95.6 Å². The second-order valence-corrected chi connectivity index (χ2v) is 12.5. The van der Waals surface area contributed by atoms with Crippen molar-refractivity contribution >= 4 is 5.84 Å². The Bertz CT molecular complexity index is 1620. The molecule has 0 aromatic rings. The van der Waals surface area contributed by atoms with Gasteiger partial charge in [0.05, 0.1) is 35.3 Å². The molecule has 0 aromatic carbocycles. The first-order valence-corrected chi connectivity index (χ1v) is 17.4. The summed E-state index contributed by atoms with van der Waals surface area (Å²) in [5, 5.41) is 6.67. The van der Waals surface area contributed by atoms with Gasteiger partial charge in [0.2, 0.25) is 0 Å². The first-order chi connectivity index (χ1) is 24.3. The Morgan fingerprint density at radius 3 is 2.24 bits per heavy atom. The van der Waals surface area contributed by atoms with E-state index >= 15 is 0 Å². The lowest BCUT2D eigenvalue weighted by atomic mass is 9.82. The highest BCUT2D eigenvalue weighted by Gasteiger charge is 2.34. The molecule has 0 bridgehead atoms. The summed E-state index contributed by atoms with van der Waals surface area (Å²) in [4.78, 5) is 8.78. The number of allylic oxidation sites excluding steroid dienone is 8. The van der Waals surface area contributed by atoms with E-state index in [2.05, 4.69) is 112 Å². The quantitative estimate of drug-likeness (QED) is 0.0694. The van der Waals surface area contributed by atoms with Crippen LogP contribution < -0.4 is 16.4 Å². The fourth-order valence-electron chi connectivity index (χ4n) is 5.44. The molecule has 2 heterocycles. The zero-order valence-corrected chi connectivity index (χ0v) is 32.1. The van der Waals surface area contributed by atoms with Crippen LogP contribution in [0.3, 0.4) is 0 Å². The maximum Gasteiger partial charge on any atom is 0.105 e. The van der Waals surface area contributed by atoms with Crippen LogP contribution in [0.1, 0.15) is 53.9 Å². The summed E-state index contributed by atoms with van der Waals surface area (Å²) in [6.45, 7) is 49.6. The summed E-state index contributed by atoms with van der Waals surface area (Å²) in [5.41, 5.74) is 17.9. The lowest BCUT2D eigenvalue weighted by molar-refractivity contribution is 0.358. The van der Waals surface area contributed by atoms with Gasteiger partial charge in [-0.2, -0.15) is 0 Å². The minimum Gasteiger partial charge on any atom is -0.399 e. The van der Waals surface area contributed by atoms with Crippen LogP contribution >= 0.6 is 0 Å². The average molecular weight is 687 g/mol. The van der Waals surface area contributed by atoms with Crippen molar-refractivity contribution in [3.05, 3.63) is 169 Å². The Balaban J connectivity index is 0.000000522. The molecular formula is C45H62N6. The number of nitrogens with zero attached hydrogens (tertiary/aromatic N) is 3. The van der Waals surface area contributed by atoms with Crippen LogP contribution in [0.15, 0.2) is 174 Å². The summed E-state index contributed by atoms with van der Waals surface area (Å²) in [6.07, 6.45) is 22.1. The Morgan fingerprint density at radius 2 is 1.73 bits per heavy atom. The highest BCUT2D eigenvalue weighted by molar-refractivity contribution is 5.86. The third-order valence-corrected chi connectivity index (χ3v) is 8.56. The van der Waals surface area contributed by atoms with Gasteiger partial charge in [0.1, 0.15) is 5.84 Å². The lowest BCUT2D eigenvalue weighted by Gasteiger charge is -2.38. The molecule has 0 saturated carbocycles. The van der Waals surface area contributed by atoms with Crippen molar-refractivity contribution in [2.45, 2.75) is 53.9 Å². The molecule has 272 valence electrons. The number of amidine groups is 1. The van der Waals surface area contributed by atoms with Crippen molar-refractivity contribution in [3.63, 3.8) is 0 Å². The van der Waals surface area contributed by atoms with E-state index in [4.69, 9.17) is 12.2 Å². The van der Waals surface area contributed by atoms with Gasteiger partial charge < -0.3 is 21.3 Å². The van der Waals surface area contributed by atoms with E-state index in [1.165, 1.54) is 16.7 Å². The van der Waals surface area contributed by atoms with Gasteiger partial charge in [-0.05, 0) is 82.2 Å². The van der Waals surface area contributed by atoms with Crippen LogP contribution in [-0.4, -0.2) is 48.4 Å². The monoisotopic (exact) mass is 687 g/mol. The minimum absolute atomic E-state index is 0.0690. The Labute approximate surface area is 310 Å². The smallest absolute Gasteiger partial charge is 0.105 e. The number of aliphatic imine (C=N–C) groups is 1. The lowest BCUT2D eigenvalue weighted by Crippen LogP contribution is -2.38. The van der Waals surface area contributed by atoms with E-state index in [9.17, 15) is 0 Å². The van der Waals surface area contributed by atoms with E-state index in [0.29, 0.717) is 13.1 Å². The largest absolute Gasteiger partial charge is 0.399 e. The topological polar surface area (TPSA) is 68.9 Å². The molecule has 3 rings (SSSR count). The highest BCUT2D eigenvalue weighted by Crippen LogP contribution is 2.39. The van der Waals surface area contributed by atoms with Gasteiger partial charge in [-0.1, -0.05) is 99.6 Å². The van der Waals surface area contributed by atoms with E-state index in [1.54, 1.807) is 6.08 Å². The molecule has 1 aliphatic carbocycles. The highest BCUT2D eigenvalue weighted by atomic mass is 15.3. The average Bonchev–Trinajstić information content (AvgIpc) is 3.32. The predicted octanol–water partition coefficient (Wildman–Crippen LogP) is 9.30. The fourth-order valence-corrected chi connectivity index (χ4v) is 5.44. The van der Waals surface area contributed by atoms with Crippen LogP contribution in [0.25, 0.3) is 0 Å². The van der Waals surface area contributed by atoms with Gasteiger partial charge >= 0.3 is 0 Å². The normalized spacial score (nSPS) is 17.7. The third-order valence-electron chi connectivity index (χ3n) is 8.56. The van der Waals surface area contributed by atoms with Crippen LogP contribution in [0, 0.1) is 18.3 Å². The summed E-state index contributed by atoms with van der Waals surface area (Å²) in [7, 11) is 0. The molecule has 0 spiro atoms. The van der Waals surface area contributed by atoms with E-state index in [-0.39, 0.29) is 5.92 Å². The number of terminal acetylenes is 1. The molecule has 0 fully saturated rings. The van der Waals surface area contributed by atoms with Crippen LogP contribution in [0.5, 0.6) is 0 Å². The molecule has 0 radical (unpaired) electrons. The van der Waals surface area contributed by atoms with Gasteiger partial charge in [0.15, 0.2) is 0 Å². The number of hydrogen-bond donors (Lipinski definition) is 3. The van der Waals surface area contributed by atoms with Gasteiger partial charge in [0, 0.05) is 37.6 Å². The van der Waals surface area contributed by atoms with Crippen molar-refractivity contribution < 1.29 is 0 Å². The van der Waals surface area contributed by atoms with Crippen molar-refractivity contribution in [3.8, 4) is 12.3 Å². The first-order valence-electron chi connectivity index (χ1n) is 17.4. The second-order valence-electron chi connectivity index (χ2n) is 12.5. The van der Waals surface area contributed by atoms with Crippen molar-refractivity contribution in [1.82, 2.24) is 20.4 Å². The molecule has 2 aliphatic heterocycles. The molecule has 6 heteroatoms. The van der Waals surface area contributed by atoms with Gasteiger partial charge in [0.25, 0.3) is 0 Å². The Kier molecular flexibility index (Phi) is 19.1. The maximum atomic E-state index is 6.06. The minimum atomic E-state index is -0.0690. The van der Waals surface area contributed by atoms with E-state index < -0.39 is 0 Å². The number of nitrogens with two attached hydrogens (primary N) is 1. The van der Waals surface area contributed by atoms with Crippen molar-refractivity contribution in [2.24, 2.45) is 16.6 Å². The summed E-state index contributed by atoms with van der Waals surface area (Å²) < 4.78 is 0. The zero-order valence-electron chi connectivity index (χ0n) is 32.1. The van der Waals surface area contributed by atoms with Gasteiger partial charge in [-0.25, -0.2) is 0 Å². The van der Waals surface area contributed by atoms with Crippen molar-refractivity contribution in [1.29, 1.82) is 0 Å². The van der Waals surface area contributed by atoms with Crippen LogP contribution in [-0.2, 0) is 0 Å². The molecule has 4 N–H and O–H groups in total. The molecule has 6 nitrogen and oxygen atoms in total. The summed E-state index contributed by atoms with van der Waals surface area (Å²) >= 11 is 0. The molecule has 0 amide bonds. The summed E-state index contributed by atoms with van der Waals surface area (Å²) in [5.74, 6) is 3.49. The number of rotatable bonds is 15.